The van der Waals surface area contributed by atoms with Crippen molar-refractivity contribution in [2.75, 3.05) is 6.61 Å². The lowest BCUT2D eigenvalue weighted by molar-refractivity contribution is 0.0691. The predicted molar refractivity (Wildman–Crippen MR) is 74.3 cm³/mol. The number of aromatic carboxylic acids is 1. The van der Waals surface area contributed by atoms with Crippen molar-refractivity contribution in [2.24, 2.45) is 0 Å². The average molecular weight is 310 g/mol. The molecule has 8 heteroatoms. The minimum atomic E-state index is -3.94. The van der Waals surface area contributed by atoms with Crippen molar-refractivity contribution in [1.29, 1.82) is 0 Å². The summed E-state index contributed by atoms with van der Waals surface area (Å²) in [5.74, 6) is -1.25. The van der Waals surface area contributed by atoms with Crippen LogP contribution in [0.2, 0.25) is 0 Å². The maximum atomic E-state index is 12.2. The normalized spacial score (nSPS) is 13.0. The van der Waals surface area contributed by atoms with E-state index in [-0.39, 0.29) is 10.6 Å². The molecule has 0 bridgehead atoms. The molecule has 21 heavy (non-hydrogen) atoms. The number of rotatable bonds is 6. The Morgan fingerprint density at radius 3 is 2.48 bits per heavy atom. The van der Waals surface area contributed by atoms with Gasteiger partial charge in [-0.3, -0.25) is 0 Å². The Hall–Kier alpha value is -2.16. The van der Waals surface area contributed by atoms with Crippen LogP contribution in [0.25, 0.3) is 0 Å². The van der Waals surface area contributed by atoms with Gasteiger partial charge in [0.15, 0.2) is 0 Å². The molecule has 2 aromatic rings. The molecule has 0 unspecified atom stereocenters. The Balaban J connectivity index is 2.25. The van der Waals surface area contributed by atoms with E-state index in [1.54, 1.807) is 30.3 Å². The summed E-state index contributed by atoms with van der Waals surface area (Å²) in [7, 11) is -3.94. The molecular formula is C13H14N2O5S. The van der Waals surface area contributed by atoms with Gasteiger partial charge < -0.3 is 15.2 Å². The Morgan fingerprint density at radius 1 is 1.29 bits per heavy atom. The maximum absolute atomic E-state index is 12.2. The largest absolute Gasteiger partial charge is 0.477 e. The van der Waals surface area contributed by atoms with Gasteiger partial charge in [-0.2, -0.15) is 0 Å². The van der Waals surface area contributed by atoms with Gasteiger partial charge in [0.2, 0.25) is 10.0 Å². The number of aliphatic hydroxyl groups is 1. The summed E-state index contributed by atoms with van der Waals surface area (Å²) in [5, 5.41) is 18.1. The van der Waals surface area contributed by atoms with Gasteiger partial charge in [0.25, 0.3) is 0 Å². The van der Waals surface area contributed by atoms with E-state index in [9.17, 15) is 18.3 Å². The number of aromatic amines is 1. The molecule has 0 aliphatic carbocycles. The molecule has 0 spiro atoms. The van der Waals surface area contributed by atoms with Crippen molar-refractivity contribution < 1.29 is 23.4 Å². The molecule has 1 heterocycles. The van der Waals surface area contributed by atoms with Crippen molar-refractivity contribution in [2.45, 2.75) is 10.9 Å². The monoisotopic (exact) mass is 310 g/mol. The Kier molecular flexibility index (Phi) is 4.41. The molecule has 1 aromatic heterocycles. The van der Waals surface area contributed by atoms with E-state index in [0.717, 1.165) is 12.3 Å². The molecule has 0 aliphatic heterocycles. The molecule has 7 nitrogen and oxygen atoms in total. The summed E-state index contributed by atoms with van der Waals surface area (Å²) >= 11 is 0. The highest BCUT2D eigenvalue weighted by Crippen LogP contribution is 2.17. The number of aliphatic hydroxyl groups excluding tert-OH is 1. The van der Waals surface area contributed by atoms with E-state index < -0.39 is 28.6 Å². The first-order valence-corrected chi connectivity index (χ1v) is 7.52. The van der Waals surface area contributed by atoms with Crippen LogP contribution in [0.15, 0.2) is 47.5 Å². The highest BCUT2D eigenvalue weighted by molar-refractivity contribution is 7.89. The minimum Gasteiger partial charge on any atom is -0.477 e. The van der Waals surface area contributed by atoms with Gasteiger partial charge in [-0.15, -0.1) is 0 Å². The first-order chi connectivity index (χ1) is 9.94. The number of sulfonamides is 1. The summed E-state index contributed by atoms with van der Waals surface area (Å²) in [4.78, 5) is 12.9. The van der Waals surface area contributed by atoms with Crippen LogP contribution in [0.3, 0.4) is 0 Å². The van der Waals surface area contributed by atoms with Gasteiger partial charge >= 0.3 is 5.97 Å². The number of carbonyl (C=O) groups is 1. The molecule has 0 radical (unpaired) electrons. The molecule has 0 saturated carbocycles. The molecule has 0 aliphatic rings. The molecule has 4 N–H and O–H groups in total. The predicted octanol–water partition coefficient (Wildman–Crippen LogP) is 0.725. The van der Waals surface area contributed by atoms with Crippen molar-refractivity contribution in [1.82, 2.24) is 9.71 Å². The Bertz CT molecular complexity index is 724. The van der Waals surface area contributed by atoms with Crippen LogP contribution in [0.5, 0.6) is 0 Å². The third kappa shape index (κ3) is 3.48. The van der Waals surface area contributed by atoms with Crippen LogP contribution in [-0.4, -0.2) is 36.2 Å². The van der Waals surface area contributed by atoms with Crippen LogP contribution in [-0.2, 0) is 10.0 Å². The summed E-state index contributed by atoms with van der Waals surface area (Å²) in [5.41, 5.74) is 0.383. The number of benzene rings is 1. The summed E-state index contributed by atoms with van der Waals surface area (Å²) in [6.07, 6.45) is 1.09. The topological polar surface area (TPSA) is 119 Å². The van der Waals surface area contributed by atoms with E-state index >= 15 is 0 Å². The number of carboxylic acid groups (broad SMARTS) is 1. The lowest BCUT2D eigenvalue weighted by Gasteiger charge is -2.16. The van der Waals surface area contributed by atoms with Gasteiger partial charge in [-0.1, -0.05) is 30.3 Å². The fraction of sp³-hybridized carbons (Fsp3) is 0.154. The van der Waals surface area contributed by atoms with Gasteiger partial charge in [0.05, 0.1) is 12.6 Å². The van der Waals surface area contributed by atoms with Crippen LogP contribution >= 0.6 is 0 Å². The first kappa shape index (κ1) is 15.2. The van der Waals surface area contributed by atoms with Gasteiger partial charge in [-0.25, -0.2) is 17.9 Å². The van der Waals surface area contributed by atoms with Crippen LogP contribution in [0, 0.1) is 0 Å². The van der Waals surface area contributed by atoms with Gasteiger partial charge in [0.1, 0.15) is 10.6 Å². The summed E-state index contributed by atoms with van der Waals surface area (Å²) < 4.78 is 26.7. The molecule has 112 valence electrons. The SMILES string of the molecule is O=C(O)c1cc(S(=O)(=O)N[C@H](CO)c2ccccc2)c[nH]1. The average Bonchev–Trinajstić information content (AvgIpc) is 2.96. The molecule has 1 atom stereocenters. The van der Waals surface area contributed by atoms with Crippen molar-refractivity contribution in [3.63, 3.8) is 0 Å². The number of H-pyrrole nitrogens is 1. The zero-order chi connectivity index (χ0) is 15.5. The van der Waals surface area contributed by atoms with E-state index in [1.165, 1.54) is 0 Å². The van der Waals surface area contributed by atoms with E-state index in [2.05, 4.69) is 9.71 Å². The smallest absolute Gasteiger partial charge is 0.352 e. The fourth-order valence-electron chi connectivity index (χ4n) is 1.80. The Morgan fingerprint density at radius 2 is 1.95 bits per heavy atom. The lowest BCUT2D eigenvalue weighted by Crippen LogP contribution is -2.30. The lowest BCUT2D eigenvalue weighted by atomic mass is 10.1. The second-order valence-corrected chi connectivity index (χ2v) is 6.04. The van der Waals surface area contributed by atoms with Crippen LogP contribution < -0.4 is 4.72 Å². The second-order valence-electron chi connectivity index (χ2n) is 4.32. The van der Waals surface area contributed by atoms with Crippen LogP contribution in [0.4, 0.5) is 0 Å². The molecule has 2 rings (SSSR count). The number of nitrogens with one attached hydrogen (secondary N) is 2. The van der Waals surface area contributed by atoms with Crippen molar-refractivity contribution in [3.8, 4) is 0 Å². The number of hydrogen-bond acceptors (Lipinski definition) is 4. The minimum absolute atomic E-state index is 0.200. The van der Waals surface area contributed by atoms with Crippen molar-refractivity contribution >= 4 is 16.0 Å². The van der Waals surface area contributed by atoms with E-state index in [1.807, 2.05) is 0 Å². The highest BCUT2D eigenvalue weighted by Gasteiger charge is 2.23. The van der Waals surface area contributed by atoms with Crippen LogP contribution in [0.1, 0.15) is 22.1 Å². The third-order valence-electron chi connectivity index (χ3n) is 2.88. The second kappa shape index (κ2) is 6.08. The first-order valence-electron chi connectivity index (χ1n) is 6.04. The Labute approximate surface area is 121 Å². The summed E-state index contributed by atoms with van der Waals surface area (Å²) in [6, 6.07) is 8.81. The summed E-state index contributed by atoms with van der Waals surface area (Å²) in [6.45, 7) is -0.417. The molecular weight excluding hydrogens is 296 g/mol. The fourth-order valence-corrected chi connectivity index (χ4v) is 3.01. The number of hydrogen-bond donors (Lipinski definition) is 4. The number of carboxylic acids is 1. The molecule has 0 saturated heterocycles. The standard InChI is InChI=1S/C13H14N2O5S/c16-8-12(9-4-2-1-3-5-9)15-21(19,20)10-6-11(13(17)18)14-7-10/h1-7,12,14-16H,8H2,(H,17,18)/t12-/m1/s1. The maximum Gasteiger partial charge on any atom is 0.352 e. The zero-order valence-electron chi connectivity index (χ0n) is 10.9. The molecule has 1 aromatic carbocycles. The van der Waals surface area contributed by atoms with E-state index in [0.29, 0.717) is 5.56 Å². The zero-order valence-corrected chi connectivity index (χ0v) is 11.7. The molecule has 0 amide bonds. The van der Waals surface area contributed by atoms with Crippen molar-refractivity contribution in [3.05, 3.63) is 53.9 Å². The van der Waals surface area contributed by atoms with Gasteiger partial charge in [0, 0.05) is 6.20 Å². The third-order valence-corrected chi connectivity index (χ3v) is 4.33. The number of aromatic nitrogens is 1. The quantitative estimate of drug-likeness (QED) is 0.627. The highest BCUT2D eigenvalue weighted by atomic mass is 32.2. The van der Waals surface area contributed by atoms with Gasteiger partial charge in [-0.05, 0) is 11.6 Å². The van der Waals surface area contributed by atoms with E-state index in [4.69, 9.17) is 5.11 Å². The molecule has 0 fully saturated rings.